The van der Waals surface area contributed by atoms with Crippen LogP contribution >= 0.6 is 0 Å². The van der Waals surface area contributed by atoms with Crippen LogP contribution in [-0.4, -0.2) is 32.7 Å². The standard InChI is InChI=1S/C19H21F2N3O4/c1-24(11-12-8-9-14(28-18(20)21)15(10-12)27-2)16(17(25)23-19(22)26)13-6-4-3-5-7-13/h3-10,16,18H,11H2,1-2H3,(H3,22,23,25,26)/p+1/t16-/m0/s1. The second-order valence-corrected chi connectivity index (χ2v) is 6.08. The molecule has 0 fully saturated rings. The molecule has 0 heterocycles. The van der Waals surface area contributed by atoms with Crippen LogP contribution in [-0.2, 0) is 11.3 Å². The van der Waals surface area contributed by atoms with Gasteiger partial charge in [-0.15, -0.1) is 0 Å². The number of halogens is 2. The lowest BCUT2D eigenvalue weighted by atomic mass is 10.0. The van der Waals surface area contributed by atoms with Crippen molar-refractivity contribution in [2.75, 3.05) is 14.2 Å². The van der Waals surface area contributed by atoms with Crippen LogP contribution in [0.2, 0.25) is 0 Å². The Kier molecular flexibility index (Phi) is 7.28. The number of hydrogen-bond donors (Lipinski definition) is 3. The van der Waals surface area contributed by atoms with E-state index in [1.54, 1.807) is 43.4 Å². The summed E-state index contributed by atoms with van der Waals surface area (Å²) in [5.74, 6) is -0.464. The van der Waals surface area contributed by atoms with E-state index in [1.807, 2.05) is 6.07 Å². The number of alkyl halides is 2. The summed E-state index contributed by atoms with van der Waals surface area (Å²) >= 11 is 0. The van der Waals surface area contributed by atoms with Gasteiger partial charge in [-0.3, -0.25) is 10.1 Å². The minimum Gasteiger partial charge on any atom is -0.493 e. The van der Waals surface area contributed by atoms with Crippen molar-refractivity contribution in [3.8, 4) is 11.5 Å². The largest absolute Gasteiger partial charge is 0.493 e. The number of methoxy groups -OCH3 is 1. The first-order chi connectivity index (χ1) is 13.3. The fourth-order valence-corrected chi connectivity index (χ4v) is 2.94. The van der Waals surface area contributed by atoms with Gasteiger partial charge in [0.25, 0.3) is 5.91 Å². The van der Waals surface area contributed by atoms with E-state index in [-0.39, 0.29) is 11.5 Å². The van der Waals surface area contributed by atoms with E-state index >= 15 is 0 Å². The SMILES string of the molecule is COc1cc(C[NH+](C)[C@H](C(=O)NC(N)=O)c2ccccc2)ccc1OC(F)F. The minimum absolute atomic E-state index is 0.0787. The molecule has 2 atom stereocenters. The number of likely N-dealkylation sites (N-methyl/N-ethyl adjacent to an activating group) is 1. The van der Waals surface area contributed by atoms with Crippen LogP contribution in [0.4, 0.5) is 13.6 Å². The fraction of sp³-hybridized carbons (Fsp3) is 0.263. The van der Waals surface area contributed by atoms with Crippen LogP contribution in [0, 0.1) is 0 Å². The summed E-state index contributed by atoms with van der Waals surface area (Å²) in [6.45, 7) is -2.62. The lowest BCUT2D eigenvalue weighted by Crippen LogP contribution is -3.09. The topological polar surface area (TPSA) is 95.1 Å². The van der Waals surface area contributed by atoms with Gasteiger partial charge in [0.15, 0.2) is 17.5 Å². The summed E-state index contributed by atoms with van der Waals surface area (Å²) in [6, 6.07) is 11.8. The maximum atomic E-state index is 12.5. The van der Waals surface area contributed by atoms with Crippen molar-refractivity contribution in [3.63, 3.8) is 0 Å². The molecule has 7 nitrogen and oxygen atoms in total. The smallest absolute Gasteiger partial charge is 0.387 e. The second-order valence-electron chi connectivity index (χ2n) is 6.08. The number of primary amides is 1. The Balaban J connectivity index is 2.26. The highest BCUT2D eigenvalue weighted by Crippen LogP contribution is 2.29. The van der Waals surface area contributed by atoms with Gasteiger partial charge in [0.2, 0.25) is 0 Å². The summed E-state index contributed by atoms with van der Waals surface area (Å²) in [6.07, 6.45) is 0. The normalized spacial score (nSPS) is 12.9. The Morgan fingerprint density at radius 2 is 1.82 bits per heavy atom. The zero-order chi connectivity index (χ0) is 20.7. The average molecular weight is 394 g/mol. The molecule has 1 unspecified atom stereocenters. The molecule has 0 spiro atoms. The zero-order valence-electron chi connectivity index (χ0n) is 15.4. The Bertz CT molecular complexity index is 818. The van der Waals surface area contributed by atoms with Gasteiger partial charge >= 0.3 is 12.6 Å². The van der Waals surface area contributed by atoms with Gasteiger partial charge in [-0.2, -0.15) is 8.78 Å². The lowest BCUT2D eigenvalue weighted by molar-refractivity contribution is -0.916. The maximum absolute atomic E-state index is 12.5. The van der Waals surface area contributed by atoms with Crippen molar-refractivity contribution in [2.45, 2.75) is 19.2 Å². The number of rotatable bonds is 8. The summed E-state index contributed by atoms with van der Waals surface area (Å²) in [5, 5.41) is 2.11. The van der Waals surface area contributed by atoms with Crippen LogP contribution in [0.15, 0.2) is 48.5 Å². The number of urea groups is 1. The first-order valence-corrected chi connectivity index (χ1v) is 8.41. The van der Waals surface area contributed by atoms with E-state index in [9.17, 15) is 18.4 Å². The number of carbonyl (C=O) groups excluding carboxylic acids is 2. The van der Waals surface area contributed by atoms with E-state index in [0.717, 1.165) is 10.5 Å². The molecule has 2 aromatic rings. The monoisotopic (exact) mass is 394 g/mol. The van der Waals surface area contributed by atoms with Crippen molar-refractivity contribution in [1.29, 1.82) is 0 Å². The number of hydrogen-bond acceptors (Lipinski definition) is 4. The number of nitrogens with two attached hydrogens (primary N) is 1. The highest BCUT2D eigenvalue weighted by Gasteiger charge is 2.30. The quantitative estimate of drug-likeness (QED) is 0.628. The molecule has 3 amide bonds. The van der Waals surface area contributed by atoms with Gasteiger partial charge in [0.1, 0.15) is 6.54 Å². The number of ether oxygens (including phenoxy) is 2. The van der Waals surface area contributed by atoms with Crippen molar-refractivity contribution < 1.29 is 32.7 Å². The maximum Gasteiger partial charge on any atom is 0.387 e. The predicted molar refractivity (Wildman–Crippen MR) is 97.1 cm³/mol. The third kappa shape index (κ3) is 5.65. The van der Waals surface area contributed by atoms with Crippen LogP contribution in [0.3, 0.4) is 0 Å². The summed E-state index contributed by atoms with van der Waals surface area (Å²) in [4.78, 5) is 24.4. The average Bonchev–Trinajstić information content (AvgIpc) is 2.63. The van der Waals surface area contributed by atoms with Crippen LogP contribution in [0.25, 0.3) is 0 Å². The van der Waals surface area contributed by atoms with E-state index in [1.165, 1.54) is 13.2 Å². The Hall–Kier alpha value is -3.20. The van der Waals surface area contributed by atoms with Crippen molar-refractivity contribution in [1.82, 2.24) is 5.32 Å². The number of nitrogens with one attached hydrogen (secondary N) is 2. The molecule has 9 heteroatoms. The molecule has 0 radical (unpaired) electrons. The molecular weight excluding hydrogens is 372 g/mol. The Labute approximate surface area is 161 Å². The molecule has 28 heavy (non-hydrogen) atoms. The third-order valence-electron chi connectivity index (χ3n) is 4.06. The highest BCUT2D eigenvalue weighted by molar-refractivity contribution is 5.96. The zero-order valence-corrected chi connectivity index (χ0v) is 15.4. The number of carbonyl (C=O) groups is 2. The number of quaternary nitrogens is 1. The Morgan fingerprint density at radius 1 is 1.14 bits per heavy atom. The molecular formula is C19H22F2N3O4+. The van der Waals surface area contributed by atoms with E-state index in [0.29, 0.717) is 12.1 Å². The lowest BCUT2D eigenvalue weighted by Gasteiger charge is -2.24. The first kappa shape index (κ1) is 21.1. The molecule has 0 saturated heterocycles. The van der Waals surface area contributed by atoms with E-state index in [4.69, 9.17) is 10.5 Å². The van der Waals surface area contributed by atoms with Gasteiger partial charge in [-0.1, -0.05) is 30.3 Å². The molecule has 4 N–H and O–H groups in total. The molecule has 0 bridgehead atoms. The van der Waals surface area contributed by atoms with Crippen molar-refractivity contribution in [3.05, 3.63) is 59.7 Å². The van der Waals surface area contributed by atoms with Gasteiger partial charge in [0.05, 0.1) is 14.2 Å². The number of imide groups is 1. The molecule has 2 rings (SSSR count). The van der Waals surface area contributed by atoms with Crippen molar-refractivity contribution in [2.24, 2.45) is 5.73 Å². The van der Waals surface area contributed by atoms with Gasteiger partial charge in [-0.25, -0.2) is 4.79 Å². The van der Waals surface area contributed by atoms with E-state index in [2.05, 4.69) is 10.1 Å². The molecule has 2 aromatic carbocycles. The number of benzene rings is 2. The summed E-state index contributed by atoms with van der Waals surface area (Å²) < 4.78 is 34.5. The predicted octanol–water partition coefficient (Wildman–Crippen LogP) is 1.25. The molecule has 0 aliphatic carbocycles. The van der Waals surface area contributed by atoms with E-state index < -0.39 is 24.6 Å². The highest BCUT2D eigenvalue weighted by atomic mass is 19.3. The van der Waals surface area contributed by atoms with Gasteiger partial charge in [-0.05, 0) is 18.2 Å². The minimum atomic E-state index is -2.96. The summed E-state index contributed by atoms with van der Waals surface area (Å²) in [7, 11) is 3.12. The van der Waals surface area contributed by atoms with Crippen LogP contribution in [0.5, 0.6) is 11.5 Å². The molecule has 0 aliphatic heterocycles. The molecule has 0 saturated carbocycles. The van der Waals surface area contributed by atoms with Crippen LogP contribution < -0.4 is 25.4 Å². The van der Waals surface area contributed by atoms with Crippen LogP contribution in [0.1, 0.15) is 17.2 Å². The first-order valence-electron chi connectivity index (χ1n) is 8.41. The number of amides is 3. The van der Waals surface area contributed by atoms with Gasteiger partial charge < -0.3 is 20.1 Å². The second kappa shape index (κ2) is 9.65. The third-order valence-corrected chi connectivity index (χ3v) is 4.06. The fourth-order valence-electron chi connectivity index (χ4n) is 2.94. The Morgan fingerprint density at radius 3 is 2.39 bits per heavy atom. The van der Waals surface area contributed by atoms with Crippen molar-refractivity contribution >= 4 is 11.9 Å². The van der Waals surface area contributed by atoms with Gasteiger partial charge in [0, 0.05) is 11.1 Å². The summed E-state index contributed by atoms with van der Waals surface area (Å²) in [5.41, 5.74) is 6.51. The molecule has 150 valence electrons. The molecule has 0 aliphatic rings. The molecule has 0 aromatic heterocycles.